The van der Waals surface area contributed by atoms with Crippen molar-refractivity contribution in [3.8, 4) is 11.5 Å². The van der Waals surface area contributed by atoms with Crippen LogP contribution in [0.1, 0.15) is 10.4 Å². The van der Waals surface area contributed by atoms with E-state index in [2.05, 4.69) is 9.72 Å². The molecule has 1 aromatic heterocycles. The van der Waals surface area contributed by atoms with Gasteiger partial charge in [0.25, 0.3) is 0 Å². The normalized spacial score (nSPS) is 9.62. The van der Waals surface area contributed by atoms with Gasteiger partial charge in [0.05, 0.1) is 7.11 Å². The lowest BCUT2D eigenvalue weighted by Crippen LogP contribution is -2.03. The summed E-state index contributed by atoms with van der Waals surface area (Å²) in [5.74, 6) is -1.98. The number of methoxy groups -OCH3 is 1. The zero-order chi connectivity index (χ0) is 10.0. The average molecular weight is 184 g/mol. The molecule has 0 saturated heterocycles. The molecule has 0 aliphatic rings. The Hall–Kier alpha value is -1.98. The number of nitrogen functional groups attached to an aromatic ring is 1. The predicted octanol–water partition coefficient (Wildman–Crippen LogP) is 0.0762. The van der Waals surface area contributed by atoms with E-state index in [1.165, 1.54) is 7.11 Å². The molecule has 0 amide bonds. The van der Waals surface area contributed by atoms with Gasteiger partial charge in [0.1, 0.15) is 5.56 Å². The lowest BCUT2D eigenvalue weighted by molar-refractivity contribution is 0.0692. The fourth-order valence-electron chi connectivity index (χ4n) is 0.855. The number of carboxylic acid groups (broad SMARTS) is 1. The van der Waals surface area contributed by atoms with Crippen LogP contribution < -0.4 is 10.5 Å². The van der Waals surface area contributed by atoms with Crippen molar-refractivity contribution in [2.75, 3.05) is 12.8 Å². The molecule has 0 aliphatic heterocycles. The van der Waals surface area contributed by atoms with E-state index >= 15 is 0 Å². The maximum absolute atomic E-state index is 10.5. The molecule has 6 nitrogen and oxygen atoms in total. The number of carboxylic acids is 1. The number of anilines is 1. The maximum atomic E-state index is 10.5. The predicted molar refractivity (Wildman–Crippen MR) is 43.8 cm³/mol. The van der Waals surface area contributed by atoms with Crippen LogP contribution in [0.2, 0.25) is 0 Å². The van der Waals surface area contributed by atoms with Crippen LogP contribution in [0.15, 0.2) is 6.20 Å². The van der Waals surface area contributed by atoms with E-state index in [0.29, 0.717) is 0 Å². The lowest BCUT2D eigenvalue weighted by Gasteiger charge is -2.07. The molecule has 0 fully saturated rings. The third-order valence-electron chi connectivity index (χ3n) is 1.47. The van der Waals surface area contributed by atoms with Gasteiger partial charge in [-0.15, -0.1) is 0 Å². The first kappa shape index (κ1) is 9.11. The largest absolute Gasteiger partial charge is 0.504 e. The molecule has 0 atom stereocenters. The Morgan fingerprint density at radius 3 is 2.77 bits per heavy atom. The standard InChI is InChI=1S/C7H8N2O4/c1-13-5-4(10)3(7(11)12)2-9-6(5)8/h2H,1H3,(H,11,12)(H3,8,9,10). The van der Waals surface area contributed by atoms with Crippen molar-refractivity contribution < 1.29 is 19.7 Å². The smallest absolute Gasteiger partial charge is 0.341 e. The Kier molecular flexibility index (Phi) is 2.23. The van der Waals surface area contributed by atoms with Crippen LogP contribution in [0, 0.1) is 0 Å². The monoisotopic (exact) mass is 184 g/mol. The van der Waals surface area contributed by atoms with E-state index < -0.39 is 11.7 Å². The van der Waals surface area contributed by atoms with Crippen LogP contribution in [0.4, 0.5) is 5.82 Å². The number of aromatic carboxylic acids is 1. The summed E-state index contributed by atoms with van der Waals surface area (Å²) in [5, 5.41) is 17.9. The summed E-state index contributed by atoms with van der Waals surface area (Å²) >= 11 is 0. The number of aromatic nitrogens is 1. The number of nitrogens with zero attached hydrogens (tertiary/aromatic N) is 1. The van der Waals surface area contributed by atoms with Crippen molar-refractivity contribution in [1.29, 1.82) is 0 Å². The molecule has 0 aromatic carbocycles. The zero-order valence-corrected chi connectivity index (χ0v) is 6.81. The fraction of sp³-hybridized carbons (Fsp3) is 0.143. The van der Waals surface area contributed by atoms with Gasteiger partial charge in [0.15, 0.2) is 11.6 Å². The zero-order valence-electron chi connectivity index (χ0n) is 6.81. The third kappa shape index (κ3) is 1.46. The molecule has 1 aromatic rings. The molecule has 1 heterocycles. The molecule has 0 radical (unpaired) electrons. The van der Waals surface area contributed by atoms with E-state index in [1.807, 2.05) is 0 Å². The van der Waals surface area contributed by atoms with Crippen LogP contribution >= 0.6 is 0 Å². The summed E-state index contributed by atoms with van der Waals surface area (Å²) in [5.41, 5.74) is 4.97. The minimum absolute atomic E-state index is 0.0509. The van der Waals surface area contributed by atoms with Crippen molar-refractivity contribution in [3.63, 3.8) is 0 Å². The minimum atomic E-state index is -1.29. The van der Waals surface area contributed by atoms with Gasteiger partial charge in [-0.3, -0.25) is 0 Å². The minimum Gasteiger partial charge on any atom is -0.504 e. The summed E-state index contributed by atoms with van der Waals surface area (Å²) in [6.07, 6.45) is 0.968. The number of ether oxygens (including phenoxy) is 1. The molecular formula is C7H8N2O4. The van der Waals surface area contributed by atoms with Crippen molar-refractivity contribution in [2.24, 2.45) is 0 Å². The second kappa shape index (κ2) is 3.18. The van der Waals surface area contributed by atoms with Gasteiger partial charge < -0.3 is 20.7 Å². The highest BCUT2D eigenvalue weighted by atomic mass is 16.5. The Labute approximate surface area is 73.6 Å². The number of hydrogen-bond acceptors (Lipinski definition) is 5. The van der Waals surface area contributed by atoms with E-state index in [4.69, 9.17) is 10.8 Å². The summed E-state index contributed by atoms with van der Waals surface area (Å²) in [6, 6.07) is 0. The van der Waals surface area contributed by atoms with Gasteiger partial charge in [0.2, 0.25) is 5.75 Å². The Morgan fingerprint density at radius 2 is 2.31 bits per heavy atom. The summed E-state index contributed by atoms with van der Waals surface area (Å²) < 4.78 is 4.67. The molecule has 6 heteroatoms. The SMILES string of the molecule is COc1c(N)ncc(C(=O)O)c1O. The second-order valence-electron chi connectivity index (χ2n) is 2.24. The maximum Gasteiger partial charge on any atom is 0.341 e. The summed E-state index contributed by atoms with van der Waals surface area (Å²) in [4.78, 5) is 14.0. The molecule has 4 N–H and O–H groups in total. The van der Waals surface area contributed by atoms with Gasteiger partial charge in [-0.2, -0.15) is 0 Å². The number of hydrogen-bond donors (Lipinski definition) is 3. The van der Waals surface area contributed by atoms with Crippen LogP contribution in [0.5, 0.6) is 11.5 Å². The molecule has 0 unspecified atom stereocenters. The molecular weight excluding hydrogens is 176 g/mol. The Balaban J connectivity index is 3.35. The van der Waals surface area contributed by atoms with Crippen molar-refractivity contribution >= 4 is 11.8 Å². The summed E-state index contributed by atoms with van der Waals surface area (Å²) in [7, 11) is 1.26. The number of carbonyl (C=O) groups is 1. The molecule has 13 heavy (non-hydrogen) atoms. The number of nitrogens with two attached hydrogens (primary N) is 1. The first-order valence-corrected chi connectivity index (χ1v) is 3.32. The fourth-order valence-corrected chi connectivity index (χ4v) is 0.855. The van der Waals surface area contributed by atoms with Gasteiger partial charge in [-0.05, 0) is 0 Å². The van der Waals surface area contributed by atoms with E-state index in [0.717, 1.165) is 6.20 Å². The van der Waals surface area contributed by atoms with Gasteiger partial charge in [-0.25, -0.2) is 9.78 Å². The molecule has 70 valence electrons. The number of pyridine rings is 1. The highest BCUT2D eigenvalue weighted by Gasteiger charge is 2.17. The number of aromatic hydroxyl groups is 1. The topological polar surface area (TPSA) is 106 Å². The lowest BCUT2D eigenvalue weighted by atomic mass is 10.2. The van der Waals surface area contributed by atoms with Crippen molar-refractivity contribution in [3.05, 3.63) is 11.8 Å². The van der Waals surface area contributed by atoms with Gasteiger partial charge in [-0.1, -0.05) is 0 Å². The highest BCUT2D eigenvalue weighted by molar-refractivity contribution is 5.92. The highest BCUT2D eigenvalue weighted by Crippen LogP contribution is 2.33. The van der Waals surface area contributed by atoms with Crippen LogP contribution in [-0.4, -0.2) is 28.3 Å². The van der Waals surface area contributed by atoms with Crippen LogP contribution in [0.3, 0.4) is 0 Å². The quantitative estimate of drug-likeness (QED) is 0.600. The average Bonchev–Trinajstić information content (AvgIpc) is 2.04. The molecule has 0 aliphatic carbocycles. The molecule has 0 spiro atoms. The Bertz CT molecular complexity index is 351. The van der Waals surface area contributed by atoms with E-state index in [1.54, 1.807) is 0 Å². The van der Waals surface area contributed by atoms with E-state index in [9.17, 15) is 9.90 Å². The Morgan fingerprint density at radius 1 is 1.69 bits per heavy atom. The van der Waals surface area contributed by atoms with Crippen LogP contribution in [-0.2, 0) is 0 Å². The third-order valence-corrected chi connectivity index (χ3v) is 1.47. The van der Waals surface area contributed by atoms with Gasteiger partial charge in [0, 0.05) is 6.20 Å². The van der Waals surface area contributed by atoms with Crippen molar-refractivity contribution in [2.45, 2.75) is 0 Å². The first-order chi connectivity index (χ1) is 6.07. The number of rotatable bonds is 2. The molecule has 0 bridgehead atoms. The first-order valence-electron chi connectivity index (χ1n) is 3.32. The second-order valence-corrected chi connectivity index (χ2v) is 2.24. The van der Waals surface area contributed by atoms with Crippen molar-refractivity contribution in [1.82, 2.24) is 4.98 Å². The van der Waals surface area contributed by atoms with Gasteiger partial charge >= 0.3 is 5.97 Å². The molecule has 1 rings (SSSR count). The van der Waals surface area contributed by atoms with Crippen LogP contribution in [0.25, 0.3) is 0 Å². The van der Waals surface area contributed by atoms with E-state index in [-0.39, 0.29) is 17.1 Å². The molecule has 0 saturated carbocycles. The summed E-state index contributed by atoms with van der Waals surface area (Å²) in [6.45, 7) is 0.